The summed E-state index contributed by atoms with van der Waals surface area (Å²) in [5, 5.41) is 12.4. The van der Waals surface area contributed by atoms with Gasteiger partial charge in [-0.05, 0) is 57.8 Å². The minimum absolute atomic E-state index is 0.0805. The van der Waals surface area contributed by atoms with Crippen molar-refractivity contribution in [2.75, 3.05) is 6.61 Å². The van der Waals surface area contributed by atoms with E-state index in [0.29, 0.717) is 13.2 Å². The van der Waals surface area contributed by atoms with Gasteiger partial charge in [0.05, 0.1) is 13.0 Å². The largest absolute Gasteiger partial charge is 0.492 e. The molecule has 0 fully saturated rings. The van der Waals surface area contributed by atoms with Gasteiger partial charge in [0.1, 0.15) is 18.1 Å². The van der Waals surface area contributed by atoms with Gasteiger partial charge < -0.3 is 14.6 Å². The van der Waals surface area contributed by atoms with E-state index >= 15 is 0 Å². The molecule has 30 heavy (non-hydrogen) atoms. The smallest absolute Gasteiger partial charge is 0.304 e. The number of ether oxygens (including phenoxy) is 2. The Morgan fingerprint density at radius 2 is 1.97 bits per heavy atom. The molecule has 4 aromatic rings. The normalized spacial score (nSPS) is 15.0. The van der Waals surface area contributed by atoms with Crippen molar-refractivity contribution in [2.24, 2.45) is 0 Å². The number of rotatable bonds is 6. The summed E-state index contributed by atoms with van der Waals surface area (Å²) in [4.78, 5) is 11.0. The molecule has 1 aliphatic heterocycles. The first kappa shape index (κ1) is 18.7. The number of hydrogen-bond acceptors (Lipinski definition) is 4. The minimum atomic E-state index is -0.810. The maximum Gasteiger partial charge on any atom is 0.304 e. The minimum Gasteiger partial charge on any atom is -0.492 e. The highest BCUT2D eigenvalue weighted by Crippen LogP contribution is 2.38. The number of carbonyl (C=O) groups is 1. The van der Waals surface area contributed by atoms with Crippen LogP contribution in [0, 0.1) is 0 Å². The van der Waals surface area contributed by atoms with Crippen LogP contribution in [-0.2, 0) is 11.4 Å². The molecule has 0 radical (unpaired) electrons. The number of hydrogen-bond donors (Lipinski definition) is 1. The third-order valence-corrected chi connectivity index (χ3v) is 6.30. The summed E-state index contributed by atoms with van der Waals surface area (Å²) in [6, 6.07) is 22.7. The van der Waals surface area contributed by atoms with E-state index in [1.807, 2.05) is 24.3 Å². The van der Waals surface area contributed by atoms with Gasteiger partial charge in [0.15, 0.2) is 0 Å². The summed E-state index contributed by atoms with van der Waals surface area (Å²) in [5.74, 6) is 0.532. The Morgan fingerprint density at radius 1 is 1.07 bits per heavy atom. The van der Waals surface area contributed by atoms with Gasteiger partial charge in [0.2, 0.25) is 0 Å². The van der Waals surface area contributed by atoms with Crippen LogP contribution in [0.5, 0.6) is 11.5 Å². The van der Waals surface area contributed by atoms with Gasteiger partial charge in [-0.3, -0.25) is 4.79 Å². The molecule has 1 unspecified atom stereocenters. The zero-order chi connectivity index (χ0) is 20.5. The van der Waals surface area contributed by atoms with Crippen LogP contribution >= 0.6 is 11.3 Å². The van der Waals surface area contributed by atoms with Gasteiger partial charge in [-0.25, -0.2) is 0 Å². The van der Waals surface area contributed by atoms with Crippen molar-refractivity contribution in [3.63, 3.8) is 0 Å². The molecule has 1 N–H and O–H groups in total. The average molecular weight is 416 g/mol. The lowest BCUT2D eigenvalue weighted by Gasteiger charge is -2.10. The summed E-state index contributed by atoms with van der Waals surface area (Å²) in [6.07, 6.45) is 0.0805. The van der Waals surface area contributed by atoms with Gasteiger partial charge >= 0.3 is 5.97 Å². The zero-order valence-corrected chi connectivity index (χ0v) is 17.0. The van der Waals surface area contributed by atoms with Crippen LogP contribution in [0.25, 0.3) is 21.2 Å². The second kappa shape index (κ2) is 7.84. The Hall–Kier alpha value is -3.31. The van der Waals surface area contributed by atoms with Crippen LogP contribution in [-0.4, -0.2) is 17.7 Å². The number of thiophene rings is 1. The standard InChI is InChI=1S/C25H20O4S/c26-25(27)12-20-15-29-23-13-21(5-6-22(20)23)28-14-16-2-1-3-17(10-16)18-4-7-24-19(11-18)8-9-30-24/h1-11,13,20H,12,14-15H2,(H,26,27). The molecule has 3 aromatic carbocycles. The molecule has 4 nitrogen and oxygen atoms in total. The molecule has 0 spiro atoms. The average Bonchev–Trinajstić information content (AvgIpc) is 3.38. The summed E-state index contributed by atoms with van der Waals surface area (Å²) in [5.41, 5.74) is 4.38. The fourth-order valence-electron chi connectivity index (χ4n) is 3.88. The molecule has 0 aliphatic carbocycles. The maximum absolute atomic E-state index is 11.0. The van der Waals surface area contributed by atoms with Crippen LogP contribution in [0.15, 0.2) is 72.1 Å². The first-order chi connectivity index (χ1) is 14.7. The summed E-state index contributed by atoms with van der Waals surface area (Å²) >= 11 is 1.75. The predicted octanol–water partition coefficient (Wildman–Crippen LogP) is 6.10. The Kier molecular flexibility index (Phi) is 4.89. The van der Waals surface area contributed by atoms with Crippen molar-refractivity contribution in [1.82, 2.24) is 0 Å². The van der Waals surface area contributed by atoms with E-state index in [2.05, 4.69) is 47.8 Å². The molecule has 0 amide bonds. The molecular formula is C25H20O4S. The molecule has 1 aromatic heterocycles. The monoisotopic (exact) mass is 416 g/mol. The molecule has 1 aliphatic rings. The van der Waals surface area contributed by atoms with Gasteiger partial charge in [0, 0.05) is 22.2 Å². The lowest BCUT2D eigenvalue weighted by atomic mass is 9.98. The first-order valence-corrected chi connectivity index (χ1v) is 10.7. The number of carboxylic acid groups (broad SMARTS) is 1. The van der Waals surface area contributed by atoms with E-state index in [4.69, 9.17) is 14.6 Å². The van der Waals surface area contributed by atoms with Crippen LogP contribution < -0.4 is 9.47 Å². The number of benzene rings is 3. The van der Waals surface area contributed by atoms with Crippen molar-refractivity contribution in [2.45, 2.75) is 18.9 Å². The van der Waals surface area contributed by atoms with Gasteiger partial charge in [0.25, 0.3) is 0 Å². The van der Waals surface area contributed by atoms with Gasteiger partial charge in [-0.15, -0.1) is 11.3 Å². The molecule has 0 saturated heterocycles. The van der Waals surface area contributed by atoms with Crippen molar-refractivity contribution in [1.29, 1.82) is 0 Å². The third kappa shape index (κ3) is 3.76. The van der Waals surface area contributed by atoms with Crippen LogP contribution in [0.2, 0.25) is 0 Å². The molecule has 5 heteroatoms. The van der Waals surface area contributed by atoms with Crippen LogP contribution in [0.3, 0.4) is 0 Å². The second-order valence-corrected chi connectivity index (χ2v) is 8.42. The number of aliphatic carboxylic acids is 1. The Morgan fingerprint density at radius 3 is 2.87 bits per heavy atom. The van der Waals surface area contributed by atoms with Gasteiger partial charge in [-0.1, -0.05) is 30.3 Å². The van der Waals surface area contributed by atoms with Crippen molar-refractivity contribution < 1.29 is 19.4 Å². The predicted molar refractivity (Wildman–Crippen MR) is 119 cm³/mol. The fourth-order valence-corrected chi connectivity index (χ4v) is 4.65. The summed E-state index contributed by atoms with van der Waals surface area (Å²) in [6.45, 7) is 0.855. The second-order valence-electron chi connectivity index (χ2n) is 7.47. The maximum atomic E-state index is 11.0. The molecule has 5 rings (SSSR count). The Balaban J connectivity index is 1.30. The molecule has 0 saturated carbocycles. The Bertz CT molecular complexity index is 1230. The molecule has 150 valence electrons. The van der Waals surface area contributed by atoms with Crippen molar-refractivity contribution in [3.8, 4) is 22.6 Å². The lowest BCUT2D eigenvalue weighted by molar-refractivity contribution is -0.137. The first-order valence-electron chi connectivity index (χ1n) is 9.83. The highest BCUT2D eigenvalue weighted by Gasteiger charge is 2.26. The molecule has 0 bridgehead atoms. The molecule has 2 heterocycles. The van der Waals surface area contributed by atoms with Crippen molar-refractivity contribution in [3.05, 3.63) is 83.2 Å². The van der Waals surface area contributed by atoms with Crippen LogP contribution in [0.4, 0.5) is 0 Å². The van der Waals surface area contributed by atoms with E-state index in [-0.39, 0.29) is 12.3 Å². The summed E-state index contributed by atoms with van der Waals surface area (Å²) < 4.78 is 12.9. The highest BCUT2D eigenvalue weighted by atomic mass is 32.1. The quantitative estimate of drug-likeness (QED) is 0.413. The topological polar surface area (TPSA) is 55.8 Å². The molecular weight excluding hydrogens is 396 g/mol. The summed E-state index contributed by atoms with van der Waals surface area (Å²) in [7, 11) is 0. The van der Waals surface area contributed by atoms with Crippen molar-refractivity contribution >= 4 is 27.4 Å². The molecule has 1 atom stereocenters. The lowest BCUT2D eigenvalue weighted by Crippen LogP contribution is -2.07. The van der Waals surface area contributed by atoms with Gasteiger partial charge in [-0.2, -0.15) is 0 Å². The van der Waals surface area contributed by atoms with E-state index < -0.39 is 5.97 Å². The fraction of sp³-hybridized carbons (Fsp3) is 0.160. The van der Waals surface area contributed by atoms with E-state index in [1.165, 1.54) is 15.6 Å². The van der Waals surface area contributed by atoms with Crippen LogP contribution in [0.1, 0.15) is 23.5 Å². The van der Waals surface area contributed by atoms with E-state index in [0.717, 1.165) is 28.2 Å². The zero-order valence-electron chi connectivity index (χ0n) is 16.2. The SMILES string of the molecule is O=C(O)CC1COc2cc(OCc3cccc(-c4ccc5sccc5c4)c3)ccc21. The Labute approximate surface area is 178 Å². The third-order valence-electron chi connectivity index (χ3n) is 5.40. The highest BCUT2D eigenvalue weighted by molar-refractivity contribution is 7.17. The van der Waals surface area contributed by atoms with E-state index in [1.54, 1.807) is 11.3 Å². The van der Waals surface area contributed by atoms with E-state index in [9.17, 15) is 4.79 Å². The number of fused-ring (bicyclic) bond motifs is 2. The number of carboxylic acids is 1.